The maximum Gasteiger partial charge on any atom is 0.254 e. The lowest BCUT2D eigenvalue weighted by atomic mass is 10.1. The molecular formula is C27H31N3O4S. The molecule has 0 aliphatic carbocycles. The first-order valence-corrected chi connectivity index (χ1v) is 12.8. The molecule has 0 fully saturated rings. The molecule has 7 nitrogen and oxygen atoms in total. The quantitative estimate of drug-likeness (QED) is 0.430. The monoisotopic (exact) mass is 493 g/mol. The highest BCUT2D eigenvalue weighted by atomic mass is 32.2. The van der Waals surface area contributed by atoms with Gasteiger partial charge in [-0.3, -0.25) is 9.59 Å². The number of hydrogen-bond donors (Lipinski definition) is 1. The summed E-state index contributed by atoms with van der Waals surface area (Å²) in [6.45, 7) is 4.53. The Kier molecular flexibility index (Phi) is 8.43. The summed E-state index contributed by atoms with van der Waals surface area (Å²) in [5, 5.41) is 0. The van der Waals surface area contributed by atoms with Crippen LogP contribution in [0.15, 0.2) is 77.7 Å². The highest BCUT2D eigenvalue weighted by Gasteiger charge is 2.16. The van der Waals surface area contributed by atoms with Gasteiger partial charge in [0.15, 0.2) is 5.78 Å². The minimum Gasteiger partial charge on any atom is -0.378 e. The Hall–Kier alpha value is -3.49. The van der Waals surface area contributed by atoms with E-state index in [9.17, 15) is 18.0 Å². The van der Waals surface area contributed by atoms with Crippen molar-refractivity contribution in [3.05, 3.63) is 95.1 Å². The van der Waals surface area contributed by atoms with Gasteiger partial charge in [0.1, 0.15) is 0 Å². The molecule has 0 saturated heterocycles. The molecule has 0 aliphatic rings. The lowest BCUT2D eigenvalue weighted by Crippen LogP contribution is -2.30. The molecule has 184 valence electrons. The van der Waals surface area contributed by atoms with E-state index in [-0.39, 0.29) is 23.1 Å². The molecule has 0 saturated carbocycles. The Morgan fingerprint density at radius 3 is 1.86 bits per heavy atom. The first-order chi connectivity index (χ1) is 16.6. The first-order valence-electron chi connectivity index (χ1n) is 11.4. The van der Waals surface area contributed by atoms with Gasteiger partial charge in [-0.1, -0.05) is 36.4 Å². The molecule has 3 rings (SSSR count). The number of carbonyl (C=O) groups is 2. The molecule has 3 aromatic carbocycles. The number of carbonyl (C=O) groups excluding carboxylic acids is 2. The predicted octanol–water partition coefficient (Wildman–Crippen LogP) is 4.10. The molecule has 0 spiro atoms. The number of hydrogen-bond acceptors (Lipinski definition) is 5. The number of benzene rings is 3. The Balaban J connectivity index is 1.62. The molecule has 0 atom stereocenters. The van der Waals surface area contributed by atoms with Crippen molar-refractivity contribution in [1.29, 1.82) is 0 Å². The summed E-state index contributed by atoms with van der Waals surface area (Å²) in [6, 6.07) is 20.8. The molecule has 1 N–H and O–H groups in total. The second-order valence-electron chi connectivity index (χ2n) is 8.48. The molecule has 3 aromatic rings. The van der Waals surface area contributed by atoms with Crippen LogP contribution in [0.3, 0.4) is 0 Å². The van der Waals surface area contributed by atoms with Crippen molar-refractivity contribution in [3.63, 3.8) is 0 Å². The van der Waals surface area contributed by atoms with E-state index in [2.05, 4.69) is 4.72 Å². The van der Waals surface area contributed by atoms with Gasteiger partial charge in [0, 0.05) is 50.5 Å². The lowest BCUT2D eigenvalue weighted by Gasteiger charge is -2.22. The zero-order valence-electron chi connectivity index (χ0n) is 20.5. The average Bonchev–Trinajstić information content (AvgIpc) is 2.86. The molecule has 0 radical (unpaired) electrons. The van der Waals surface area contributed by atoms with Crippen molar-refractivity contribution in [2.75, 3.05) is 25.5 Å². The van der Waals surface area contributed by atoms with E-state index in [0.717, 1.165) is 16.8 Å². The molecule has 0 unspecified atom stereocenters. The predicted molar refractivity (Wildman–Crippen MR) is 138 cm³/mol. The zero-order chi connectivity index (χ0) is 25.6. The normalized spacial score (nSPS) is 11.2. The summed E-state index contributed by atoms with van der Waals surface area (Å²) in [5.41, 5.74) is 3.88. The summed E-state index contributed by atoms with van der Waals surface area (Å²) in [4.78, 5) is 28.3. The summed E-state index contributed by atoms with van der Waals surface area (Å²) in [5.74, 6) is -0.206. The SMILES string of the molecule is CCN(Cc1ccc(N(C)C)cc1)C(=O)c1ccc(CNS(=O)(=O)c2ccc(C(C)=O)cc2)cc1. The standard InChI is InChI=1S/C27H31N3O4S/c1-5-30(19-22-8-14-25(15-9-22)29(3)4)27(32)24-10-6-21(7-11-24)18-28-35(33,34)26-16-12-23(13-17-26)20(2)31/h6-17,28H,5,18-19H2,1-4H3. The second kappa shape index (κ2) is 11.3. The van der Waals surface area contributed by atoms with Crippen molar-refractivity contribution < 1.29 is 18.0 Å². The summed E-state index contributed by atoms with van der Waals surface area (Å²) in [7, 11) is 0.242. The fourth-order valence-corrected chi connectivity index (χ4v) is 4.54. The van der Waals surface area contributed by atoms with E-state index in [1.807, 2.05) is 50.2 Å². The van der Waals surface area contributed by atoms with Gasteiger partial charge in [-0.15, -0.1) is 0 Å². The van der Waals surface area contributed by atoms with Gasteiger partial charge in [0.2, 0.25) is 10.0 Å². The molecule has 35 heavy (non-hydrogen) atoms. The van der Waals surface area contributed by atoms with Crippen molar-refractivity contribution in [3.8, 4) is 0 Å². The highest BCUT2D eigenvalue weighted by Crippen LogP contribution is 2.16. The van der Waals surface area contributed by atoms with Gasteiger partial charge in [-0.25, -0.2) is 13.1 Å². The smallest absolute Gasteiger partial charge is 0.254 e. The Morgan fingerprint density at radius 2 is 1.34 bits per heavy atom. The van der Waals surface area contributed by atoms with Gasteiger partial charge in [-0.05, 0) is 61.4 Å². The largest absolute Gasteiger partial charge is 0.378 e. The van der Waals surface area contributed by atoms with Crippen LogP contribution in [0.2, 0.25) is 0 Å². The third-order valence-corrected chi connectivity index (χ3v) is 7.15. The molecular weight excluding hydrogens is 462 g/mol. The van der Waals surface area contributed by atoms with Gasteiger partial charge in [-0.2, -0.15) is 0 Å². The molecule has 0 aromatic heterocycles. The van der Waals surface area contributed by atoms with Crippen LogP contribution in [0.4, 0.5) is 5.69 Å². The highest BCUT2D eigenvalue weighted by molar-refractivity contribution is 7.89. The van der Waals surface area contributed by atoms with E-state index in [0.29, 0.717) is 24.2 Å². The number of nitrogens with zero attached hydrogens (tertiary/aromatic N) is 2. The first kappa shape index (κ1) is 26.1. The van der Waals surface area contributed by atoms with Gasteiger partial charge < -0.3 is 9.80 Å². The maximum absolute atomic E-state index is 13.0. The molecule has 0 bridgehead atoms. The van der Waals surface area contributed by atoms with Crippen LogP contribution in [0.25, 0.3) is 0 Å². The van der Waals surface area contributed by atoms with E-state index in [1.165, 1.54) is 31.2 Å². The fraction of sp³-hybridized carbons (Fsp3) is 0.259. The summed E-state index contributed by atoms with van der Waals surface area (Å²) < 4.78 is 27.7. The van der Waals surface area contributed by atoms with E-state index in [1.54, 1.807) is 29.2 Å². The minimum absolute atomic E-state index is 0.0816. The summed E-state index contributed by atoms with van der Waals surface area (Å²) in [6.07, 6.45) is 0. The number of ketones is 1. The number of anilines is 1. The van der Waals surface area contributed by atoms with Gasteiger partial charge >= 0.3 is 0 Å². The van der Waals surface area contributed by atoms with Crippen LogP contribution in [-0.4, -0.2) is 45.6 Å². The number of sulfonamides is 1. The van der Waals surface area contributed by atoms with Crippen molar-refractivity contribution in [2.24, 2.45) is 0 Å². The van der Waals surface area contributed by atoms with Crippen LogP contribution < -0.4 is 9.62 Å². The lowest BCUT2D eigenvalue weighted by molar-refractivity contribution is 0.0752. The van der Waals surface area contributed by atoms with Crippen molar-refractivity contribution in [2.45, 2.75) is 31.8 Å². The molecule has 0 heterocycles. The average molecular weight is 494 g/mol. The third kappa shape index (κ3) is 6.77. The number of nitrogens with one attached hydrogen (secondary N) is 1. The minimum atomic E-state index is -3.73. The van der Waals surface area contributed by atoms with Crippen molar-refractivity contribution in [1.82, 2.24) is 9.62 Å². The van der Waals surface area contributed by atoms with Crippen molar-refractivity contribution >= 4 is 27.4 Å². The molecule has 0 aliphatic heterocycles. The number of rotatable bonds is 10. The van der Waals surface area contributed by atoms with Crippen LogP contribution in [0.5, 0.6) is 0 Å². The Labute approximate surface area is 207 Å². The zero-order valence-corrected chi connectivity index (χ0v) is 21.3. The third-order valence-electron chi connectivity index (χ3n) is 5.73. The van der Waals surface area contributed by atoms with Gasteiger partial charge in [0.25, 0.3) is 5.91 Å². The molecule has 1 amide bonds. The van der Waals surface area contributed by atoms with Gasteiger partial charge in [0.05, 0.1) is 4.90 Å². The summed E-state index contributed by atoms with van der Waals surface area (Å²) >= 11 is 0. The number of amides is 1. The van der Waals surface area contributed by atoms with Crippen LogP contribution in [0, 0.1) is 0 Å². The topological polar surface area (TPSA) is 86.8 Å². The van der Waals surface area contributed by atoms with E-state index >= 15 is 0 Å². The van der Waals surface area contributed by atoms with E-state index < -0.39 is 10.0 Å². The van der Waals surface area contributed by atoms with Crippen LogP contribution in [0.1, 0.15) is 45.7 Å². The second-order valence-corrected chi connectivity index (χ2v) is 10.2. The fourth-order valence-electron chi connectivity index (χ4n) is 3.53. The Morgan fingerprint density at radius 1 is 0.800 bits per heavy atom. The molecule has 8 heteroatoms. The maximum atomic E-state index is 13.0. The van der Waals surface area contributed by atoms with Crippen LogP contribution in [-0.2, 0) is 23.1 Å². The van der Waals surface area contributed by atoms with Crippen LogP contribution >= 0.6 is 0 Å². The number of Topliss-reactive ketones (excluding diaryl/α,β-unsaturated/α-hetero) is 1. The van der Waals surface area contributed by atoms with E-state index in [4.69, 9.17) is 0 Å². The Bertz CT molecular complexity index is 1270.